The van der Waals surface area contributed by atoms with Gasteiger partial charge in [-0.1, -0.05) is 6.58 Å². The SMILES string of the molecule is C=CP(=O)(O)OCCCl. The van der Waals surface area contributed by atoms with Gasteiger partial charge < -0.3 is 9.42 Å². The lowest BCUT2D eigenvalue weighted by Crippen LogP contribution is -1.90. The fourth-order valence-electron chi connectivity index (χ4n) is 0.218. The van der Waals surface area contributed by atoms with Gasteiger partial charge in [-0.3, -0.25) is 4.57 Å². The molecule has 1 unspecified atom stereocenters. The highest BCUT2D eigenvalue weighted by atomic mass is 35.5. The van der Waals surface area contributed by atoms with Gasteiger partial charge in [-0.15, -0.1) is 11.6 Å². The van der Waals surface area contributed by atoms with Crippen molar-refractivity contribution in [3.8, 4) is 0 Å². The summed E-state index contributed by atoms with van der Waals surface area (Å²) in [6.07, 6.45) is 0. The maximum atomic E-state index is 10.5. The molecule has 0 aliphatic rings. The van der Waals surface area contributed by atoms with Crippen molar-refractivity contribution in [3.05, 3.63) is 12.4 Å². The van der Waals surface area contributed by atoms with Crippen molar-refractivity contribution in [1.29, 1.82) is 0 Å². The fourth-order valence-corrected chi connectivity index (χ4v) is 0.861. The Morgan fingerprint density at radius 3 is 2.78 bits per heavy atom. The molecule has 0 aliphatic heterocycles. The molecule has 0 aromatic carbocycles. The van der Waals surface area contributed by atoms with Gasteiger partial charge in [-0.25, -0.2) is 0 Å². The molecule has 0 aromatic heterocycles. The monoisotopic (exact) mass is 170 g/mol. The van der Waals surface area contributed by atoms with Crippen LogP contribution in [0.4, 0.5) is 0 Å². The van der Waals surface area contributed by atoms with Crippen molar-refractivity contribution in [2.45, 2.75) is 0 Å². The zero-order valence-corrected chi connectivity index (χ0v) is 6.44. The maximum Gasteiger partial charge on any atom is 0.351 e. The lowest BCUT2D eigenvalue weighted by Gasteiger charge is -2.03. The van der Waals surface area contributed by atoms with E-state index in [0.29, 0.717) is 0 Å². The fraction of sp³-hybridized carbons (Fsp3) is 0.500. The Morgan fingerprint density at radius 2 is 2.44 bits per heavy atom. The first-order valence-corrected chi connectivity index (χ1v) is 4.47. The zero-order valence-electron chi connectivity index (χ0n) is 4.79. The van der Waals surface area contributed by atoms with Gasteiger partial charge in [-0.2, -0.15) is 0 Å². The predicted molar refractivity (Wildman–Crippen MR) is 36.7 cm³/mol. The van der Waals surface area contributed by atoms with E-state index >= 15 is 0 Å². The molecule has 1 N–H and O–H groups in total. The van der Waals surface area contributed by atoms with E-state index in [-0.39, 0.29) is 12.5 Å². The summed E-state index contributed by atoms with van der Waals surface area (Å²) in [6, 6.07) is 0. The van der Waals surface area contributed by atoms with E-state index in [9.17, 15) is 4.57 Å². The molecule has 5 heteroatoms. The maximum absolute atomic E-state index is 10.5. The van der Waals surface area contributed by atoms with E-state index in [1.165, 1.54) is 0 Å². The average Bonchev–Trinajstić information content (AvgIpc) is 1.84. The van der Waals surface area contributed by atoms with Crippen LogP contribution in [0.2, 0.25) is 0 Å². The van der Waals surface area contributed by atoms with Gasteiger partial charge in [0.2, 0.25) is 0 Å². The first-order chi connectivity index (χ1) is 4.12. The van der Waals surface area contributed by atoms with Crippen LogP contribution in [0.15, 0.2) is 12.4 Å². The van der Waals surface area contributed by atoms with Gasteiger partial charge in [0.05, 0.1) is 6.61 Å². The second-order valence-electron chi connectivity index (χ2n) is 1.27. The van der Waals surface area contributed by atoms with E-state index in [2.05, 4.69) is 11.1 Å². The van der Waals surface area contributed by atoms with Crippen molar-refractivity contribution in [2.24, 2.45) is 0 Å². The average molecular weight is 171 g/mol. The van der Waals surface area contributed by atoms with Crippen LogP contribution in [0.25, 0.3) is 0 Å². The molecular weight excluding hydrogens is 162 g/mol. The van der Waals surface area contributed by atoms with Crippen molar-refractivity contribution in [2.75, 3.05) is 12.5 Å². The Kier molecular flexibility index (Phi) is 4.15. The first-order valence-electron chi connectivity index (χ1n) is 2.29. The Labute approximate surface area is 58.8 Å². The van der Waals surface area contributed by atoms with Gasteiger partial charge in [0.25, 0.3) is 0 Å². The minimum atomic E-state index is -3.51. The third-order valence-corrected chi connectivity index (χ3v) is 1.75. The van der Waals surface area contributed by atoms with Crippen molar-refractivity contribution >= 4 is 19.2 Å². The summed E-state index contributed by atoms with van der Waals surface area (Å²) in [6.45, 7) is 3.17. The first kappa shape index (κ1) is 9.18. The van der Waals surface area contributed by atoms with Crippen molar-refractivity contribution in [1.82, 2.24) is 0 Å². The van der Waals surface area contributed by atoms with Gasteiger partial charge in [0, 0.05) is 11.7 Å². The molecular formula is C4H8ClO3P. The van der Waals surface area contributed by atoms with E-state index in [1.807, 2.05) is 0 Å². The Hall–Kier alpha value is 0.180. The Bertz CT molecular complexity index is 136. The van der Waals surface area contributed by atoms with Gasteiger partial charge in [-0.05, 0) is 0 Å². The van der Waals surface area contributed by atoms with E-state index in [1.54, 1.807) is 0 Å². The summed E-state index contributed by atoms with van der Waals surface area (Å²) < 4.78 is 14.9. The normalized spacial score (nSPS) is 16.7. The molecule has 0 fully saturated rings. The third-order valence-electron chi connectivity index (χ3n) is 0.584. The molecule has 0 bridgehead atoms. The lowest BCUT2D eigenvalue weighted by atomic mass is 10.9. The summed E-state index contributed by atoms with van der Waals surface area (Å²) in [5.74, 6) is 1.08. The highest BCUT2D eigenvalue weighted by molar-refractivity contribution is 7.56. The second kappa shape index (κ2) is 4.07. The van der Waals surface area contributed by atoms with Gasteiger partial charge in [0.1, 0.15) is 0 Å². The summed E-state index contributed by atoms with van der Waals surface area (Å²) in [7, 11) is -3.51. The molecule has 0 saturated heterocycles. The molecule has 0 saturated carbocycles. The van der Waals surface area contributed by atoms with Crippen LogP contribution < -0.4 is 0 Å². The predicted octanol–water partition coefficient (Wildman–Crippen LogP) is 1.57. The van der Waals surface area contributed by atoms with Gasteiger partial charge >= 0.3 is 7.60 Å². The summed E-state index contributed by atoms with van der Waals surface area (Å²) in [4.78, 5) is 8.61. The zero-order chi connectivity index (χ0) is 7.33. The number of rotatable bonds is 4. The Balaban J connectivity index is 3.59. The molecule has 0 rings (SSSR count). The number of hydrogen-bond donors (Lipinski definition) is 1. The topological polar surface area (TPSA) is 46.5 Å². The third kappa shape index (κ3) is 4.67. The molecule has 0 spiro atoms. The van der Waals surface area contributed by atoms with E-state index in [4.69, 9.17) is 16.5 Å². The largest absolute Gasteiger partial charge is 0.351 e. The molecule has 3 nitrogen and oxygen atoms in total. The van der Waals surface area contributed by atoms with Crippen LogP contribution in [0.1, 0.15) is 0 Å². The second-order valence-corrected chi connectivity index (χ2v) is 3.40. The smallest absolute Gasteiger partial charge is 0.321 e. The van der Waals surface area contributed by atoms with Crippen LogP contribution >= 0.6 is 19.2 Å². The van der Waals surface area contributed by atoms with E-state index in [0.717, 1.165) is 5.82 Å². The summed E-state index contributed by atoms with van der Waals surface area (Å²) in [5.41, 5.74) is 0. The number of hydrogen-bond acceptors (Lipinski definition) is 2. The molecule has 54 valence electrons. The molecule has 0 aliphatic carbocycles. The summed E-state index contributed by atoms with van der Waals surface area (Å²) >= 11 is 5.17. The lowest BCUT2D eigenvalue weighted by molar-refractivity contribution is 0.284. The van der Waals surface area contributed by atoms with Crippen LogP contribution in [0.3, 0.4) is 0 Å². The standard InChI is InChI=1S/C4H8ClO3P/c1-2-9(6,7)8-4-3-5/h2H,1,3-4H2,(H,6,7). The van der Waals surface area contributed by atoms with Crippen LogP contribution in [-0.2, 0) is 9.09 Å². The highest BCUT2D eigenvalue weighted by Crippen LogP contribution is 2.42. The van der Waals surface area contributed by atoms with Crippen LogP contribution in [0.5, 0.6) is 0 Å². The molecule has 9 heavy (non-hydrogen) atoms. The molecule has 0 heterocycles. The summed E-state index contributed by atoms with van der Waals surface area (Å²) in [5, 5.41) is 0. The van der Waals surface area contributed by atoms with Crippen LogP contribution in [0, 0.1) is 0 Å². The van der Waals surface area contributed by atoms with Crippen LogP contribution in [-0.4, -0.2) is 17.4 Å². The Morgan fingerprint density at radius 1 is 1.89 bits per heavy atom. The molecule has 0 amide bonds. The molecule has 0 radical (unpaired) electrons. The van der Waals surface area contributed by atoms with Gasteiger partial charge in [0.15, 0.2) is 0 Å². The quantitative estimate of drug-likeness (QED) is 0.515. The van der Waals surface area contributed by atoms with Crippen molar-refractivity contribution < 1.29 is 14.0 Å². The minimum Gasteiger partial charge on any atom is -0.321 e. The molecule has 1 atom stereocenters. The van der Waals surface area contributed by atoms with Crippen molar-refractivity contribution in [3.63, 3.8) is 0 Å². The highest BCUT2D eigenvalue weighted by Gasteiger charge is 2.11. The van der Waals surface area contributed by atoms with E-state index < -0.39 is 7.60 Å². The minimum absolute atomic E-state index is 0.0708. The molecule has 0 aromatic rings. The number of halogens is 1. The number of alkyl halides is 1.